The summed E-state index contributed by atoms with van der Waals surface area (Å²) in [6, 6.07) is 21.6. The molecular weight excluding hydrogens is 430 g/mol. The Kier molecular flexibility index (Phi) is 6.10. The van der Waals surface area contributed by atoms with Crippen LogP contribution in [0.2, 0.25) is 0 Å². The summed E-state index contributed by atoms with van der Waals surface area (Å²) < 4.78 is 5.40. The molecule has 2 heterocycles. The summed E-state index contributed by atoms with van der Waals surface area (Å²) in [6.45, 7) is 1.26. The summed E-state index contributed by atoms with van der Waals surface area (Å²) in [7, 11) is 0. The third kappa shape index (κ3) is 4.56. The number of rotatable bonds is 5. The zero-order chi connectivity index (χ0) is 23.5. The number of amides is 3. The minimum absolute atomic E-state index is 0.0579. The Morgan fingerprint density at radius 2 is 1.68 bits per heavy atom. The standard InChI is InChI=1S/C27H25N3O4/c31-25(20-6-3-7-22(17-20)29-26(32)24-9-4-16-34-24)28-21-12-10-19(11-13-21)27(33)30-15-14-18-5-1-2-8-23(18)30/h1-3,5-8,10-13,17,24H,4,9,14-16H2,(H,28,31)(H,29,32). The molecular formula is C27H25N3O4. The van der Waals surface area contributed by atoms with E-state index in [1.165, 1.54) is 5.56 Å². The number of anilines is 3. The minimum atomic E-state index is -0.437. The maximum absolute atomic E-state index is 13.0. The van der Waals surface area contributed by atoms with Gasteiger partial charge in [0.15, 0.2) is 0 Å². The van der Waals surface area contributed by atoms with Crippen LogP contribution in [0, 0.1) is 0 Å². The van der Waals surface area contributed by atoms with Crippen molar-refractivity contribution < 1.29 is 19.1 Å². The zero-order valence-electron chi connectivity index (χ0n) is 18.6. The molecule has 2 aliphatic heterocycles. The molecule has 7 heteroatoms. The molecule has 0 aromatic heterocycles. The molecule has 2 N–H and O–H groups in total. The summed E-state index contributed by atoms with van der Waals surface area (Å²) in [6.07, 6.45) is 1.99. The second-order valence-corrected chi connectivity index (χ2v) is 8.44. The highest BCUT2D eigenvalue weighted by Crippen LogP contribution is 2.29. The lowest BCUT2D eigenvalue weighted by Gasteiger charge is -2.17. The van der Waals surface area contributed by atoms with Gasteiger partial charge in [0.2, 0.25) is 0 Å². The lowest BCUT2D eigenvalue weighted by Crippen LogP contribution is -2.28. The maximum Gasteiger partial charge on any atom is 0.258 e. The predicted octanol–water partition coefficient (Wildman–Crippen LogP) is 4.26. The largest absolute Gasteiger partial charge is 0.368 e. The van der Waals surface area contributed by atoms with Crippen molar-refractivity contribution in [2.24, 2.45) is 0 Å². The lowest BCUT2D eigenvalue weighted by atomic mass is 10.1. The van der Waals surface area contributed by atoms with E-state index in [9.17, 15) is 14.4 Å². The number of carbonyl (C=O) groups is 3. The van der Waals surface area contributed by atoms with E-state index in [2.05, 4.69) is 10.6 Å². The highest BCUT2D eigenvalue weighted by atomic mass is 16.5. The highest BCUT2D eigenvalue weighted by Gasteiger charge is 2.25. The average Bonchev–Trinajstić information content (AvgIpc) is 3.55. The van der Waals surface area contributed by atoms with Crippen LogP contribution in [0.5, 0.6) is 0 Å². The van der Waals surface area contributed by atoms with Crippen LogP contribution in [0.3, 0.4) is 0 Å². The topological polar surface area (TPSA) is 87.7 Å². The van der Waals surface area contributed by atoms with E-state index in [4.69, 9.17) is 4.74 Å². The quantitative estimate of drug-likeness (QED) is 0.602. The van der Waals surface area contributed by atoms with Gasteiger partial charge in [-0.15, -0.1) is 0 Å². The van der Waals surface area contributed by atoms with Crippen molar-refractivity contribution in [3.8, 4) is 0 Å². The van der Waals surface area contributed by atoms with E-state index in [0.717, 1.165) is 18.5 Å². The van der Waals surface area contributed by atoms with Crippen LogP contribution in [-0.2, 0) is 16.0 Å². The number of fused-ring (bicyclic) bond motifs is 1. The van der Waals surface area contributed by atoms with E-state index < -0.39 is 6.10 Å². The fraction of sp³-hybridized carbons (Fsp3) is 0.222. The van der Waals surface area contributed by atoms with Crippen molar-refractivity contribution in [2.75, 3.05) is 28.7 Å². The van der Waals surface area contributed by atoms with Gasteiger partial charge in [0.05, 0.1) is 0 Å². The van der Waals surface area contributed by atoms with Gasteiger partial charge < -0.3 is 20.3 Å². The van der Waals surface area contributed by atoms with Crippen LogP contribution in [-0.4, -0.2) is 37.0 Å². The molecule has 0 saturated carbocycles. The summed E-state index contributed by atoms with van der Waals surface area (Å²) in [5.74, 6) is -0.561. The van der Waals surface area contributed by atoms with Crippen LogP contribution in [0.25, 0.3) is 0 Å². The third-order valence-corrected chi connectivity index (χ3v) is 6.14. The SMILES string of the molecule is O=C(Nc1ccc(C(=O)N2CCc3ccccc32)cc1)c1cccc(NC(=O)C2CCCO2)c1. The summed E-state index contributed by atoms with van der Waals surface area (Å²) in [5, 5.41) is 5.65. The number of hydrogen-bond acceptors (Lipinski definition) is 4. The molecule has 0 aliphatic carbocycles. The summed E-state index contributed by atoms with van der Waals surface area (Å²) in [5.41, 5.74) is 4.23. The van der Waals surface area contributed by atoms with Gasteiger partial charge in [-0.05, 0) is 73.4 Å². The Labute approximate surface area is 197 Å². The van der Waals surface area contributed by atoms with E-state index in [1.807, 2.05) is 24.3 Å². The number of carbonyl (C=O) groups excluding carboxylic acids is 3. The van der Waals surface area contributed by atoms with Gasteiger partial charge in [0.25, 0.3) is 17.7 Å². The smallest absolute Gasteiger partial charge is 0.258 e. The van der Waals surface area contributed by atoms with Crippen LogP contribution >= 0.6 is 0 Å². The number of para-hydroxylation sites is 1. The first kappa shape index (κ1) is 21.9. The highest BCUT2D eigenvalue weighted by molar-refractivity contribution is 6.08. The predicted molar refractivity (Wildman–Crippen MR) is 130 cm³/mol. The van der Waals surface area contributed by atoms with Gasteiger partial charge in [-0.3, -0.25) is 14.4 Å². The van der Waals surface area contributed by atoms with Gasteiger partial charge in [0, 0.05) is 41.3 Å². The van der Waals surface area contributed by atoms with Crippen LogP contribution in [0.15, 0.2) is 72.8 Å². The maximum atomic E-state index is 13.0. The Morgan fingerprint density at radius 1 is 0.853 bits per heavy atom. The molecule has 1 unspecified atom stereocenters. The summed E-state index contributed by atoms with van der Waals surface area (Å²) in [4.78, 5) is 39.8. The minimum Gasteiger partial charge on any atom is -0.368 e. The van der Waals surface area contributed by atoms with Crippen molar-refractivity contribution in [2.45, 2.75) is 25.4 Å². The normalized spacial score (nSPS) is 16.7. The van der Waals surface area contributed by atoms with Crippen molar-refractivity contribution in [1.29, 1.82) is 0 Å². The number of benzene rings is 3. The van der Waals surface area contributed by atoms with Crippen LogP contribution in [0.1, 0.15) is 39.1 Å². The molecule has 34 heavy (non-hydrogen) atoms. The molecule has 0 spiro atoms. The van der Waals surface area contributed by atoms with Gasteiger partial charge in [-0.25, -0.2) is 0 Å². The number of hydrogen-bond donors (Lipinski definition) is 2. The zero-order valence-corrected chi connectivity index (χ0v) is 18.6. The van der Waals surface area contributed by atoms with E-state index in [1.54, 1.807) is 53.4 Å². The first-order chi connectivity index (χ1) is 16.6. The van der Waals surface area contributed by atoms with Crippen LogP contribution < -0.4 is 15.5 Å². The van der Waals surface area contributed by atoms with Crippen molar-refractivity contribution >= 4 is 34.8 Å². The van der Waals surface area contributed by atoms with Crippen LogP contribution in [0.4, 0.5) is 17.1 Å². The molecule has 2 aliphatic rings. The number of nitrogens with zero attached hydrogens (tertiary/aromatic N) is 1. The molecule has 0 bridgehead atoms. The Morgan fingerprint density at radius 3 is 2.47 bits per heavy atom. The fourth-order valence-electron chi connectivity index (χ4n) is 4.35. The lowest BCUT2D eigenvalue weighted by molar-refractivity contribution is -0.124. The second kappa shape index (κ2) is 9.49. The van der Waals surface area contributed by atoms with Gasteiger partial charge in [-0.2, -0.15) is 0 Å². The van der Waals surface area contributed by atoms with E-state index in [-0.39, 0.29) is 17.7 Å². The van der Waals surface area contributed by atoms with Gasteiger partial charge >= 0.3 is 0 Å². The Hall–Kier alpha value is -3.97. The average molecular weight is 456 g/mol. The first-order valence-corrected chi connectivity index (χ1v) is 11.4. The van der Waals surface area contributed by atoms with Crippen molar-refractivity contribution in [3.63, 3.8) is 0 Å². The number of nitrogens with one attached hydrogen (secondary N) is 2. The molecule has 3 amide bonds. The van der Waals surface area contributed by atoms with Gasteiger partial charge in [0.1, 0.15) is 6.10 Å². The molecule has 7 nitrogen and oxygen atoms in total. The molecule has 172 valence electrons. The Bertz CT molecular complexity index is 1230. The van der Waals surface area contributed by atoms with Crippen molar-refractivity contribution in [1.82, 2.24) is 0 Å². The molecule has 3 aromatic rings. The van der Waals surface area contributed by atoms with Gasteiger partial charge in [-0.1, -0.05) is 24.3 Å². The molecule has 0 radical (unpaired) electrons. The van der Waals surface area contributed by atoms with E-state index in [0.29, 0.717) is 42.1 Å². The summed E-state index contributed by atoms with van der Waals surface area (Å²) >= 11 is 0. The first-order valence-electron chi connectivity index (χ1n) is 11.4. The Balaban J connectivity index is 1.22. The molecule has 1 fully saturated rings. The molecule has 1 atom stereocenters. The number of ether oxygens (including phenoxy) is 1. The van der Waals surface area contributed by atoms with E-state index >= 15 is 0 Å². The third-order valence-electron chi connectivity index (χ3n) is 6.14. The molecule has 3 aromatic carbocycles. The monoisotopic (exact) mass is 455 g/mol. The van der Waals surface area contributed by atoms with Crippen molar-refractivity contribution in [3.05, 3.63) is 89.5 Å². The molecule has 5 rings (SSSR count). The second-order valence-electron chi connectivity index (χ2n) is 8.44. The molecule has 1 saturated heterocycles. The fourth-order valence-corrected chi connectivity index (χ4v) is 4.35.